The van der Waals surface area contributed by atoms with Crippen LogP contribution >= 0.6 is 23.1 Å². The molecule has 164 valence electrons. The third kappa shape index (κ3) is 4.56. The summed E-state index contributed by atoms with van der Waals surface area (Å²) in [5.74, 6) is -0.137. The Bertz CT molecular complexity index is 1340. The lowest BCUT2D eigenvalue weighted by atomic mass is 10.2. The molecule has 1 aliphatic heterocycles. The van der Waals surface area contributed by atoms with Crippen LogP contribution in [0.3, 0.4) is 0 Å². The third-order valence-corrected chi connectivity index (χ3v) is 9.17. The molecule has 7 nitrogen and oxygen atoms in total. The van der Waals surface area contributed by atoms with Crippen molar-refractivity contribution in [1.82, 2.24) is 14.9 Å². The molecule has 1 N–H and O–H groups in total. The first kappa shape index (κ1) is 22.0. The highest BCUT2D eigenvalue weighted by Crippen LogP contribution is 2.29. The van der Waals surface area contributed by atoms with Crippen LogP contribution in [-0.2, 0) is 14.6 Å². The van der Waals surface area contributed by atoms with Gasteiger partial charge in [0, 0.05) is 10.9 Å². The fraction of sp³-hybridized carbons (Fsp3) is 0.381. The number of aryl methyl sites for hydroxylation is 3. The molecule has 31 heavy (non-hydrogen) atoms. The van der Waals surface area contributed by atoms with E-state index in [-0.39, 0.29) is 34.8 Å². The van der Waals surface area contributed by atoms with Gasteiger partial charge in [-0.15, -0.1) is 11.3 Å². The highest BCUT2D eigenvalue weighted by atomic mass is 32.2. The highest BCUT2D eigenvalue weighted by molar-refractivity contribution is 7.99. The van der Waals surface area contributed by atoms with Crippen LogP contribution in [0.4, 0.5) is 0 Å². The van der Waals surface area contributed by atoms with Gasteiger partial charge in [-0.2, -0.15) is 0 Å². The number of fused-ring (bicyclic) bond motifs is 1. The lowest BCUT2D eigenvalue weighted by Gasteiger charge is -2.14. The summed E-state index contributed by atoms with van der Waals surface area (Å²) in [7, 11) is -3.06. The average Bonchev–Trinajstić information content (AvgIpc) is 3.18. The maximum absolute atomic E-state index is 13.4. The molecule has 0 aliphatic carbocycles. The molecule has 0 saturated carbocycles. The SMILES string of the molecule is Cc1cccc(-n2c(SCC(=O)NC3CCS(=O)(=O)C3)nc3sc(C)c(C)c3c2=O)c1. The molecule has 1 unspecified atom stereocenters. The van der Waals surface area contributed by atoms with E-state index in [4.69, 9.17) is 4.98 Å². The van der Waals surface area contributed by atoms with Crippen molar-refractivity contribution in [1.29, 1.82) is 0 Å². The van der Waals surface area contributed by atoms with Gasteiger partial charge in [0.25, 0.3) is 5.56 Å². The molecule has 0 spiro atoms. The van der Waals surface area contributed by atoms with Crippen LogP contribution in [0.5, 0.6) is 0 Å². The minimum atomic E-state index is -3.06. The van der Waals surface area contributed by atoms with Crippen molar-refractivity contribution < 1.29 is 13.2 Å². The van der Waals surface area contributed by atoms with E-state index < -0.39 is 9.84 Å². The number of thioether (sulfide) groups is 1. The second-order valence-corrected chi connectivity index (χ2v) is 12.2. The standard InChI is InChI=1S/C21H23N3O4S3/c1-12-5-4-6-16(9-12)24-20(26)18-13(2)14(3)30-19(18)23-21(24)29-10-17(25)22-15-7-8-31(27,28)11-15/h4-6,9,15H,7-8,10-11H2,1-3H3,(H,22,25). The molecule has 1 atom stereocenters. The summed E-state index contributed by atoms with van der Waals surface area (Å²) in [5, 5.41) is 3.84. The molecule has 4 rings (SSSR count). The maximum atomic E-state index is 13.4. The summed E-state index contributed by atoms with van der Waals surface area (Å²) in [6, 6.07) is 7.25. The molecule has 1 saturated heterocycles. The summed E-state index contributed by atoms with van der Waals surface area (Å²) >= 11 is 2.65. The van der Waals surface area contributed by atoms with Gasteiger partial charge in [-0.1, -0.05) is 23.9 Å². The Morgan fingerprint density at radius 3 is 2.77 bits per heavy atom. The number of benzene rings is 1. The van der Waals surface area contributed by atoms with Gasteiger partial charge in [0.05, 0.1) is 28.3 Å². The van der Waals surface area contributed by atoms with Crippen molar-refractivity contribution in [2.24, 2.45) is 0 Å². The number of hydrogen-bond donors (Lipinski definition) is 1. The summed E-state index contributed by atoms with van der Waals surface area (Å²) in [4.78, 5) is 32.3. The van der Waals surface area contributed by atoms with E-state index in [0.29, 0.717) is 27.5 Å². The molecule has 0 radical (unpaired) electrons. The van der Waals surface area contributed by atoms with Crippen molar-refractivity contribution in [3.05, 3.63) is 50.6 Å². The zero-order valence-electron chi connectivity index (χ0n) is 17.5. The Morgan fingerprint density at radius 1 is 1.32 bits per heavy atom. The lowest BCUT2D eigenvalue weighted by molar-refractivity contribution is -0.119. The topological polar surface area (TPSA) is 98.1 Å². The maximum Gasteiger partial charge on any atom is 0.267 e. The normalized spacial score (nSPS) is 17.8. The summed E-state index contributed by atoms with van der Waals surface area (Å²) in [5.41, 5.74) is 2.49. The zero-order chi connectivity index (χ0) is 22.3. The van der Waals surface area contributed by atoms with Crippen LogP contribution in [0, 0.1) is 20.8 Å². The van der Waals surface area contributed by atoms with Crippen LogP contribution in [0.2, 0.25) is 0 Å². The number of nitrogens with zero attached hydrogens (tertiary/aromatic N) is 2. The highest BCUT2D eigenvalue weighted by Gasteiger charge is 2.29. The molecule has 2 aromatic heterocycles. The molecule has 10 heteroatoms. The fourth-order valence-corrected chi connectivity index (χ4v) is 7.24. The second-order valence-electron chi connectivity index (χ2n) is 7.79. The Labute approximate surface area is 188 Å². The minimum Gasteiger partial charge on any atom is -0.352 e. The molecule has 1 fully saturated rings. The quantitative estimate of drug-likeness (QED) is 0.448. The van der Waals surface area contributed by atoms with Gasteiger partial charge < -0.3 is 5.32 Å². The van der Waals surface area contributed by atoms with Crippen molar-refractivity contribution in [3.8, 4) is 5.69 Å². The number of carbonyl (C=O) groups excluding carboxylic acids is 1. The number of aromatic nitrogens is 2. The predicted octanol–water partition coefficient (Wildman–Crippen LogP) is 2.77. The molecule has 3 aromatic rings. The predicted molar refractivity (Wildman–Crippen MR) is 125 cm³/mol. The van der Waals surface area contributed by atoms with Gasteiger partial charge in [0.2, 0.25) is 5.91 Å². The number of thiophene rings is 1. The molecule has 3 heterocycles. The molecule has 1 aliphatic rings. The van der Waals surface area contributed by atoms with Crippen LogP contribution in [0.25, 0.3) is 15.9 Å². The first-order chi connectivity index (χ1) is 14.6. The lowest BCUT2D eigenvalue weighted by Crippen LogP contribution is -2.36. The van der Waals surface area contributed by atoms with Crippen LogP contribution in [-0.4, -0.2) is 47.2 Å². The van der Waals surface area contributed by atoms with Gasteiger partial charge in [-0.3, -0.25) is 14.2 Å². The number of carbonyl (C=O) groups is 1. The van der Waals surface area contributed by atoms with Crippen LogP contribution < -0.4 is 10.9 Å². The van der Waals surface area contributed by atoms with Gasteiger partial charge >= 0.3 is 0 Å². The van der Waals surface area contributed by atoms with E-state index in [0.717, 1.165) is 16.0 Å². The van der Waals surface area contributed by atoms with Gasteiger partial charge in [-0.05, 0) is 50.5 Å². The number of amides is 1. The van der Waals surface area contributed by atoms with E-state index in [9.17, 15) is 18.0 Å². The van der Waals surface area contributed by atoms with Gasteiger partial charge in [-0.25, -0.2) is 13.4 Å². The van der Waals surface area contributed by atoms with Gasteiger partial charge in [0.15, 0.2) is 15.0 Å². The Kier molecular flexibility index (Phi) is 5.97. The third-order valence-electron chi connectivity index (χ3n) is 5.36. The van der Waals surface area contributed by atoms with Crippen LogP contribution in [0.1, 0.15) is 22.4 Å². The number of nitrogens with one attached hydrogen (secondary N) is 1. The van der Waals surface area contributed by atoms with E-state index in [2.05, 4.69) is 5.32 Å². The minimum absolute atomic E-state index is 0.0185. The van der Waals surface area contributed by atoms with E-state index in [1.54, 1.807) is 4.57 Å². The van der Waals surface area contributed by atoms with Crippen molar-refractivity contribution in [3.63, 3.8) is 0 Å². The smallest absolute Gasteiger partial charge is 0.267 e. The molecular weight excluding hydrogens is 454 g/mol. The molecule has 0 bridgehead atoms. The molecule has 1 aromatic carbocycles. The second kappa shape index (κ2) is 8.40. The van der Waals surface area contributed by atoms with Crippen molar-refractivity contribution in [2.75, 3.05) is 17.3 Å². The van der Waals surface area contributed by atoms with E-state index >= 15 is 0 Å². The van der Waals surface area contributed by atoms with Crippen molar-refractivity contribution in [2.45, 2.75) is 38.4 Å². The van der Waals surface area contributed by atoms with E-state index in [1.807, 2.05) is 45.0 Å². The molecule has 1 amide bonds. The van der Waals surface area contributed by atoms with Gasteiger partial charge in [0.1, 0.15) is 4.83 Å². The first-order valence-electron chi connectivity index (χ1n) is 9.87. The Morgan fingerprint density at radius 2 is 2.10 bits per heavy atom. The summed E-state index contributed by atoms with van der Waals surface area (Å²) in [6.45, 7) is 5.85. The first-order valence-corrected chi connectivity index (χ1v) is 13.5. The zero-order valence-corrected chi connectivity index (χ0v) is 19.9. The molecular formula is C21H23N3O4S3. The average molecular weight is 478 g/mol. The Hall–Kier alpha value is -2.17. The van der Waals surface area contributed by atoms with Crippen LogP contribution in [0.15, 0.2) is 34.2 Å². The fourth-order valence-electron chi connectivity index (χ4n) is 3.68. The number of sulfone groups is 1. The Balaban J connectivity index is 1.67. The number of rotatable bonds is 5. The summed E-state index contributed by atoms with van der Waals surface area (Å²) in [6.07, 6.45) is 0.435. The largest absolute Gasteiger partial charge is 0.352 e. The monoisotopic (exact) mass is 477 g/mol. The van der Waals surface area contributed by atoms with Crippen molar-refractivity contribution >= 4 is 49.1 Å². The summed E-state index contributed by atoms with van der Waals surface area (Å²) < 4.78 is 24.8. The van der Waals surface area contributed by atoms with E-state index in [1.165, 1.54) is 23.1 Å². The number of hydrogen-bond acceptors (Lipinski definition) is 7.